The first-order valence-corrected chi connectivity index (χ1v) is 23.7. The molecule has 332 valence electrons. The number of benzene rings is 8. The van der Waals surface area contributed by atoms with Crippen LogP contribution in [0.25, 0.3) is 110 Å². The fraction of sp³-hybridized carbons (Fsp3) is 0.200. The van der Waals surface area contributed by atoms with E-state index in [0.717, 1.165) is 65.8 Å². The number of hydrogen-bond donors (Lipinski definition) is 0. The average Bonchev–Trinajstić information content (AvgIpc) is 3.34. The van der Waals surface area contributed by atoms with Crippen molar-refractivity contribution in [1.29, 1.82) is 0 Å². The second-order valence-corrected chi connectivity index (χ2v) is 19.8. The highest BCUT2D eigenvalue weighted by Crippen LogP contribution is 2.49. The Morgan fingerprint density at radius 2 is 0.765 bits per heavy atom. The predicted molar refractivity (Wildman–Crippen MR) is 280 cm³/mol. The molecule has 68 heavy (non-hydrogen) atoms. The molecule has 4 aromatic heterocycles. The van der Waals surface area contributed by atoms with Gasteiger partial charge in [0.05, 0.1) is 39.4 Å². The number of fused-ring (bicyclic) bond motifs is 1. The number of rotatable bonds is 8. The summed E-state index contributed by atoms with van der Waals surface area (Å²) in [7, 11) is 0. The average molecular weight is 889 g/mol. The molecule has 0 aliphatic heterocycles. The van der Waals surface area contributed by atoms with Gasteiger partial charge in [-0.1, -0.05) is 140 Å². The van der Waals surface area contributed by atoms with Crippen LogP contribution in [0.4, 0.5) is 0 Å². The molecule has 12 aromatic rings. The molecule has 0 aliphatic carbocycles. The monoisotopic (exact) mass is 888 g/mol. The van der Waals surface area contributed by atoms with Crippen LogP contribution >= 0.6 is 0 Å². The minimum absolute atomic E-state index is 0.0361. The van der Waals surface area contributed by atoms with Crippen LogP contribution in [0.1, 0.15) is 101 Å². The van der Waals surface area contributed by atoms with Crippen molar-refractivity contribution in [2.24, 2.45) is 0 Å². The predicted octanol–water partition coefficient (Wildman–Crippen LogP) is 13.1. The Labute approximate surface area is 391 Å². The summed E-state index contributed by atoms with van der Waals surface area (Å²) in [5, 5.41) is 8.23. The summed E-state index contributed by atoms with van der Waals surface area (Å²) in [4.78, 5) is 72.1. The Kier molecular flexibility index (Phi) is 9.07. The van der Waals surface area contributed by atoms with E-state index in [0.29, 0.717) is 66.0 Å². The van der Waals surface area contributed by atoms with Crippen LogP contribution in [0.5, 0.6) is 0 Å². The summed E-state index contributed by atoms with van der Waals surface area (Å²) >= 11 is 0. The molecule has 0 fully saturated rings. The molecule has 8 aromatic carbocycles. The molecular weight excluding hydrogens is 841 g/mol. The first-order chi connectivity index (χ1) is 32.8. The molecule has 0 saturated carbocycles. The molecule has 0 atom stereocenters. The van der Waals surface area contributed by atoms with E-state index in [-0.39, 0.29) is 34.8 Å². The van der Waals surface area contributed by atoms with Crippen molar-refractivity contribution in [3.8, 4) is 34.0 Å². The number of aromatic nitrogens is 4. The van der Waals surface area contributed by atoms with E-state index in [1.165, 1.54) is 9.13 Å². The maximum atomic E-state index is 15.6. The maximum Gasteiger partial charge on any atom is 0.266 e. The smallest absolute Gasteiger partial charge is 0.266 e. The molecule has 4 heterocycles. The minimum Gasteiger partial charge on any atom is -0.268 e. The molecule has 8 nitrogen and oxygen atoms in total. The zero-order valence-electron chi connectivity index (χ0n) is 39.3. The summed E-state index contributed by atoms with van der Waals surface area (Å²) in [5.74, 6) is 0.153. The van der Waals surface area contributed by atoms with Gasteiger partial charge in [0, 0.05) is 54.0 Å². The lowest BCUT2D eigenvalue weighted by atomic mass is 9.83. The van der Waals surface area contributed by atoms with Crippen LogP contribution in [0.2, 0.25) is 0 Å². The quantitative estimate of drug-likeness (QED) is 0.111. The molecular formula is C60H48N4O4. The zero-order valence-corrected chi connectivity index (χ0v) is 39.3. The van der Waals surface area contributed by atoms with Gasteiger partial charge in [0.1, 0.15) is 0 Å². The Morgan fingerprint density at radius 3 is 1.26 bits per heavy atom. The highest BCUT2D eigenvalue weighted by atomic mass is 16.2. The third-order valence-corrected chi connectivity index (χ3v) is 14.5. The summed E-state index contributed by atoms with van der Waals surface area (Å²) in [6.45, 7) is 16.7. The molecule has 0 unspecified atom stereocenters. The molecule has 0 N–H and O–H groups in total. The molecule has 0 radical (unpaired) electrons. The fourth-order valence-electron chi connectivity index (χ4n) is 11.4. The van der Waals surface area contributed by atoms with Gasteiger partial charge in [-0.15, -0.1) is 0 Å². The number of hydrogen-bond acceptors (Lipinski definition) is 6. The van der Waals surface area contributed by atoms with Gasteiger partial charge in [-0.05, 0) is 98.5 Å². The van der Waals surface area contributed by atoms with Crippen LogP contribution in [-0.2, 0) is 0 Å². The van der Waals surface area contributed by atoms with Crippen molar-refractivity contribution in [3.05, 3.63) is 185 Å². The number of para-hydroxylation sites is 2. The van der Waals surface area contributed by atoms with Gasteiger partial charge < -0.3 is 0 Å². The third-order valence-electron chi connectivity index (χ3n) is 14.5. The normalized spacial score (nSPS) is 12.6. The van der Waals surface area contributed by atoms with Crippen LogP contribution in [-0.4, -0.2) is 19.1 Å². The van der Waals surface area contributed by atoms with Crippen molar-refractivity contribution < 1.29 is 0 Å². The van der Waals surface area contributed by atoms with Crippen LogP contribution in [0.15, 0.2) is 141 Å². The lowest BCUT2D eigenvalue weighted by Crippen LogP contribution is -2.34. The van der Waals surface area contributed by atoms with Crippen molar-refractivity contribution in [2.75, 3.05) is 0 Å². The third kappa shape index (κ3) is 5.60. The van der Waals surface area contributed by atoms with Crippen LogP contribution < -0.4 is 22.2 Å². The Balaban J connectivity index is 1.30. The largest absolute Gasteiger partial charge is 0.268 e. The molecule has 0 aliphatic rings. The lowest BCUT2D eigenvalue weighted by molar-refractivity contribution is 0.792. The summed E-state index contributed by atoms with van der Waals surface area (Å²) in [6.07, 6.45) is 0. The first-order valence-electron chi connectivity index (χ1n) is 23.7. The van der Waals surface area contributed by atoms with E-state index >= 15 is 19.2 Å². The van der Waals surface area contributed by atoms with E-state index in [9.17, 15) is 0 Å². The van der Waals surface area contributed by atoms with Gasteiger partial charge in [-0.2, -0.15) is 0 Å². The number of nitrogens with zero attached hydrogens (tertiary/aromatic N) is 4. The van der Waals surface area contributed by atoms with Gasteiger partial charge in [0.15, 0.2) is 0 Å². The molecule has 0 amide bonds. The molecule has 0 saturated heterocycles. The highest BCUT2D eigenvalue weighted by Gasteiger charge is 2.30. The summed E-state index contributed by atoms with van der Waals surface area (Å²) in [6, 6.07) is 39.3. The molecule has 12 rings (SSSR count). The second kappa shape index (κ2) is 14.8. The van der Waals surface area contributed by atoms with E-state index in [1.807, 2.05) is 121 Å². The topological polar surface area (TPSA) is 104 Å². The highest BCUT2D eigenvalue weighted by molar-refractivity contribution is 6.45. The molecule has 0 bridgehead atoms. The van der Waals surface area contributed by atoms with Gasteiger partial charge in [-0.3, -0.25) is 19.2 Å². The van der Waals surface area contributed by atoms with Gasteiger partial charge in [0.2, 0.25) is 0 Å². The lowest BCUT2D eigenvalue weighted by Gasteiger charge is -2.24. The van der Waals surface area contributed by atoms with Crippen molar-refractivity contribution in [2.45, 2.75) is 79.1 Å². The Bertz CT molecular complexity index is 4250. The van der Waals surface area contributed by atoms with Gasteiger partial charge in [-0.25, -0.2) is 19.1 Å². The van der Waals surface area contributed by atoms with Crippen molar-refractivity contribution >= 4 is 75.5 Å². The SMILES string of the molecule is CC(C)c1cccc(C(C)C)c1-n1c(=O)c2ccc3c4ccc5c(=O)n(-c6c(C(C)C)cccc6C(C)C)c(=O)c6cc7c(-c8cccc(-c9ccccc9)n8)nc8cc(c1=O)c2c3c8c7c4c56. The van der Waals surface area contributed by atoms with Crippen molar-refractivity contribution in [1.82, 2.24) is 19.1 Å². The van der Waals surface area contributed by atoms with E-state index in [1.54, 1.807) is 0 Å². The Morgan fingerprint density at radius 1 is 0.353 bits per heavy atom. The van der Waals surface area contributed by atoms with Crippen LogP contribution in [0.3, 0.4) is 0 Å². The van der Waals surface area contributed by atoms with E-state index in [2.05, 4.69) is 55.4 Å². The second-order valence-electron chi connectivity index (χ2n) is 19.8. The molecule has 0 spiro atoms. The first kappa shape index (κ1) is 41.6. The zero-order chi connectivity index (χ0) is 47.2. The maximum absolute atomic E-state index is 15.6. The van der Waals surface area contributed by atoms with Crippen LogP contribution in [0, 0.1) is 0 Å². The molecule has 8 heteroatoms. The van der Waals surface area contributed by atoms with E-state index in [4.69, 9.17) is 9.97 Å². The van der Waals surface area contributed by atoms with Crippen molar-refractivity contribution in [3.63, 3.8) is 0 Å². The van der Waals surface area contributed by atoms with E-state index < -0.39 is 11.1 Å². The fourth-order valence-corrected chi connectivity index (χ4v) is 11.4. The van der Waals surface area contributed by atoms with Gasteiger partial charge in [0.25, 0.3) is 22.2 Å². The summed E-state index contributed by atoms with van der Waals surface area (Å²) < 4.78 is 2.80. The number of pyridine rings is 4. The van der Waals surface area contributed by atoms with Gasteiger partial charge >= 0.3 is 0 Å². The summed E-state index contributed by atoms with van der Waals surface area (Å²) in [5.41, 5.74) is 6.79. The standard InChI is InChI=1S/C60H48N4O4/c1-29(2)34-17-12-18-35(30(3)4)55(34)63-57(65)40-25-23-38-39-24-26-41-49-44(60(68)64(58(41)66)56-36(31(5)6)19-13-20-37(56)32(7)8)28-47-53(51(39)49)52-42(27-43(59(63)67)48(40)50(38)52)54(62-47)46-22-14-21-45(61-46)33-15-10-9-11-16-33/h9-32H,1-8H3. The minimum atomic E-state index is -0.404. The Hall–Kier alpha value is -7.84.